The van der Waals surface area contributed by atoms with Gasteiger partial charge in [-0.15, -0.1) is 11.6 Å². The van der Waals surface area contributed by atoms with Crippen LogP contribution in [0.4, 0.5) is 30.2 Å². The molecule has 0 aliphatic carbocycles. The highest BCUT2D eigenvalue weighted by molar-refractivity contribution is 6.29. The molecule has 0 aliphatic rings. The third kappa shape index (κ3) is 4.39. The van der Waals surface area contributed by atoms with Crippen molar-refractivity contribution in [3.8, 4) is 0 Å². The second-order valence-corrected chi connectivity index (χ2v) is 4.73. The molecule has 1 amide bonds. The van der Waals surface area contributed by atoms with Gasteiger partial charge in [-0.25, -0.2) is 0 Å². The summed E-state index contributed by atoms with van der Waals surface area (Å²) in [6.07, 6.45) is -4.39. The number of carbonyl (C=O) groups excluding carboxylic acids is 1. The summed E-state index contributed by atoms with van der Waals surface area (Å²) in [5.41, 5.74) is 0.620. The van der Waals surface area contributed by atoms with Crippen molar-refractivity contribution < 1.29 is 18.0 Å². The van der Waals surface area contributed by atoms with Gasteiger partial charge in [-0.1, -0.05) is 12.1 Å². The average Bonchev–Trinajstić information content (AvgIpc) is 2.47. The molecule has 2 N–H and O–H groups in total. The number of rotatable bonds is 4. The van der Waals surface area contributed by atoms with Crippen LogP contribution in [-0.4, -0.2) is 11.8 Å². The Kier molecular flexibility index (Phi) is 4.92. The fourth-order valence-corrected chi connectivity index (χ4v) is 1.88. The number of benzene rings is 2. The minimum absolute atomic E-state index is 0.175. The molecule has 2 rings (SSSR count). The van der Waals surface area contributed by atoms with Gasteiger partial charge in [0.2, 0.25) is 5.91 Å². The second kappa shape index (κ2) is 6.70. The molecule has 0 atom stereocenters. The van der Waals surface area contributed by atoms with Crippen LogP contribution in [0.2, 0.25) is 0 Å². The molecule has 0 aromatic heterocycles. The predicted octanol–water partition coefficient (Wildman–Crippen LogP) is 4.63. The fraction of sp³-hybridized carbons (Fsp3) is 0.133. The predicted molar refractivity (Wildman–Crippen MR) is 80.5 cm³/mol. The quantitative estimate of drug-likeness (QED) is 0.804. The first kappa shape index (κ1) is 16.2. The van der Waals surface area contributed by atoms with Crippen molar-refractivity contribution in [2.75, 3.05) is 16.5 Å². The number of nitrogens with one attached hydrogen (secondary N) is 2. The van der Waals surface area contributed by atoms with E-state index in [-0.39, 0.29) is 11.8 Å². The van der Waals surface area contributed by atoms with Crippen LogP contribution in [0.25, 0.3) is 0 Å². The molecular formula is C15H12ClF3N2O. The van der Waals surface area contributed by atoms with Crippen molar-refractivity contribution in [1.82, 2.24) is 0 Å². The third-order valence-corrected chi connectivity index (χ3v) is 2.99. The van der Waals surface area contributed by atoms with E-state index in [1.165, 1.54) is 12.1 Å². The minimum Gasteiger partial charge on any atom is -0.355 e. The van der Waals surface area contributed by atoms with Gasteiger partial charge in [0.15, 0.2) is 0 Å². The first-order valence-electron chi connectivity index (χ1n) is 6.28. The first-order chi connectivity index (χ1) is 10.4. The van der Waals surface area contributed by atoms with Crippen LogP contribution in [0.15, 0.2) is 48.5 Å². The van der Waals surface area contributed by atoms with Gasteiger partial charge in [0.05, 0.1) is 5.56 Å². The van der Waals surface area contributed by atoms with Crippen LogP contribution in [0, 0.1) is 0 Å². The molecular weight excluding hydrogens is 317 g/mol. The molecule has 0 heterocycles. The zero-order valence-electron chi connectivity index (χ0n) is 11.2. The lowest BCUT2D eigenvalue weighted by Crippen LogP contribution is -2.12. The highest BCUT2D eigenvalue weighted by Gasteiger charge is 2.30. The Bertz CT molecular complexity index is 674. The van der Waals surface area contributed by atoms with Crippen LogP contribution in [0.3, 0.4) is 0 Å². The Morgan fingerprint density at radius 3 is 2.23 bits per heavy atom. The van der Waals surface area contributed by atoms with E-state index < -0.39 is 11.7 Å². The average molecular weight is 329 g/mol. The molecule has 0 saturated carbocycles. The molecule has 0 unspecified atom stereocenters. The van der Waals surface area contributed by atoms with Crippen molar-refractivity contribution in [3.63, 3.8) is 0 Å². The maximum absolute atomic E-state index is 12.7. The van der Waals surface area contributed by atoms with Gasteiger partial charge < -0.3 is 10.6 Å². The van der Waals surface area contributed by atoms with E-state index >= 15 is 0 Å². The van der Waals surface area contributed by atoms with Crippen molar-refractivity contribution in [3.05, 3.63) is 54.1 Å². The van der Waals surface area contributed by atoms with Gasteiger partial charge in [-0.3, -0.25) is 4.79 Å². The van der Waals surface area contributed by atoms with Crippen LogP contribution in [0.1, 0.15) is 5.56 Å². The highest BCUT2D eigenvalue weighted by atomic mass is 35.5. The van der Waals surface area contributed by atoms with Crippen molar-refractivity contribution in [2.24, 2.45) is 0 Å². The SMILES string of the molecule is O=C(CCl)Nc1cccc(Nc2cccc(C(F)(F)F)c2)c1. The monoisotopic (exact) mass is 328 g/mol. The van der Waals surface area contributed by atoms with E-state index in [9.17, 15) is 18.0 Å². The van der Waals surface area contributed by atoms with Crippen LogP contribution in [0.5, 0.6) is 0 Å². The van der Waals surface area contributed by atoms with Gasteiger partial charge in [0, 0.05) is 17.1 Å². The Morgan fingerprint density at radius 2 is 1.59 bits per heavy atom. The third-order valence-electron chi connectivity index (χ3n) is 2.75. The summed E-state index contributed by atoms with van der Waals surface area (Å²) in [5, 5.41) is 5.43. The molecule has 0 aliphatic heterocycles. The number of halogens is 4. The van der Waals surface area contributed by atoms with Gasteiger partial charge in [0.1, 0.15) is 5.88 Å². The lowest BCUT2D eigenvalue weighted by Gasteiger charge is -2.11. The molecule has 0 fully saturated rings. The largest absolute Gasteiger partial charge is 0.416 e. The molecule has 2 aromatic carbocycles. The molecule has 0 bridgehead atoms. The lowest BCUT2D eigenvalue weighted by atomic mass is 10.2. The van der Waals surface area contributed by atoms with Gasteiger partial charge in [-0.2, -0.15) is 13.2 Å². The first-order valence-corrected chi connectivity index (χ1v) is 6.82. The summed E-state index contributed by atoms with van der Waals surface area (Å²) in [6.45, 7) is 0. The molecule has 116 valence electrons. The van der Waals surface area contributed by atoms with Crippen LogP contribution >= 0.6 is 11.6 Å². The summed E-state index contributed by atoms with van der Waals surface area (Å²) in [7, 11) is 0. The normalized spacial score (nSPS) is 11.1. The Labute approximate surface area is 130 Å². The molecule has 0 spiro atoms. The number of alkyl halides is 4. The number of carbonyl (C=O) groups is 1. The Balaban J connectivity index is 2.17. The van der Waals surface area contributed by atoms with Gasteiger partial charge >= 0.3 is 6.18 Å². The maximum Gasteiger partial charge on any atom is 0.416 e. The van der Waals surface area contributed by atoms with E-state index in [0.717, 1.165) is 12.1 Å². The van der Waals surface area contributed by atoms with E-state index in [1.54, 1.807) is 24.3 Å². The zero-order chi connectivity index (χ0) is 16.2. The zero-order valence-corrected chi connectivity index (χ0v) is 12.0. The molecule has 2 aromatic rings. The molecule has 0 saturated heterocycles. The number of hydrogen-bond donors (Lipinski definition) is 2. The Hall–Kier alpha value is -2.21. The summed E-state index contributed by atoms with van der Waals surface area (Å²) < 4.78 is 38.0. The van der Waals surface area contributed by atoms with Crippen LogP contribution in [-0.2, 0) is 11.0 Å². The molecule has 0 radical (unpaired) electrons. The highest BCUT2D eigenvalue weighted by Crippen LogP contribution is 2.31. The second-order valence-electron chi connectivity index (χ2n) is 4.47. The minimum atomic E-state index is -4.39. The molecule has 7 heteroatoms. The lowest BCUT2D eigenvalue weighted by molar-refractivity contribution is -0.137. The molecule has 22 heavy (non-hydrogen) atoms. The maximum atomic E-state index is 12.7. The van der Waals surface area contributed by atoms with Crippen LogP contribution < -0.4 is 10.6 Å². The summed E-state index contributed by atoms with van der Waals surface area (Å²) >= 11 is 5.40. The smallest absolute Gasteiger partial charge is 0.355 e. The van der Waals surface area contributed by atoms with E-state index in [2.05, 4.69) is 10.6 Å². The van der Waals surface area contributed by atoms with Gasteiger partial charge in [-0.05, 0) is 36.4 Å². The number of anilines is 3. The van der Waals surface area contributed by atoms with Crippen molar-refractivity contribution in [1.29, 1.82) is 0 Å². The van der Waals surface area contributed by atoms with Crippen molar-refractivity contribution >= 4 is 34.6 Å². The topological polar surface area (TPSA) is 41.1 Å². The Morgan fingerprint density at radius 1 is 1.00 bits per heavy atom. The summed E-state index contributed by atoms with van der Waals surface area (Å²) in [6, 6.07) is 11.5. The standard InChI is InChI=1S/C15H12ClF3N2O/c16-9-14(22)21-13-6-2-5-12(8-13)20-11-4-1-3-10(7-11)15(17,18)19/h1-8,20H,9H2,(H,21,22). The van der Waals surface area contributed by atoms with Crippen molar-refractivity contribution in [2.45, 2.75) is 6.18 Å². The van der Waals surface area contributed by atoms with Gasteiger partial charge in [0.25, 0.3) is 0 Å². The van der Waals surface area contributed by atoms with E-state index in [4.69, 9.17) is 11.6 Å². The molecule has 3 nitrogen and oxygen atoms in total. The van der Waals surface area contributed by atoms with E-state index in [0.29, 0.717) is 17.1 Å². The summed E-state index contributed by atoms with van der Waals surface area (Å²) in [5.74, 6) is -0.538. The van der Waals surface area contributed by atoms with E-state index in [1.807, 2.05) is 0 Å². The number of amides is 1. The fourth-order valence-electron chi connectivity index (χ4n) is 1.81. The number of hydrogen-bond acceptors (Lipinski definition) is 2. The summed E-state index contributed by atoms with van der Waals surface area (Å²) in [4.78, 5) is 11.2.